The second kappa shape index (κ2) is 9.47. The molecular weight excluding hydrogens is 392 g/mol. The highest BCUT2D eigenvalue weighted by molar-refractivity contribution is 5.96. The van der Waals surface area contributed by atoms with Gasteiger partial charge in [0.05, 0.1) is 4.92 Å². The Morgan fingerprint density at radius 2 is 1.90 bits per heavy atom. The van der Waals surface area contributed by atoms with Gasteiger partial charge in [0.1, 0.15) is 5.69 Å². The fraction of sp³-hybridized carbons (Fsp3) is 0.458. The van der Waals surface area contributed by atoms with Crippen LogP contribution in [-0.4, -0.2) is 34.4 Å². The predicted octanol–water partition coefficient (Wildman–Crippen LogP) is 4.47. The van der Waals surface area contributed by atoms with Crippen molar-refractivity contribution in [2.45, 2.75) is 64.2 Å². The minimum atomic E-state index is -0.433. The zero-order chi connectivity index (χ0) is 21.8. The van der Waals surface area contributed by atoms with Crippen LogP contribution in [0.1, 0.15) is 60.5 Å². The normalized spacial score (nSPS) is 19.1. The van der Waals surface area contributed by atoms with Crippen LogP contribution in [0.15, 0.2) is 42.5 Å². The van der Waals surface area contributed by atoms with Gasteiger partial charge in [-0.05, 0) is 62.4 Å². The first-order chi connectivity index (χ1) is 15.0. The van der Waals surface area contributed by atoms with E-state index in [2.05, 4.69) is 34.6 Å². The fourth-order valence-corrected chi connectivity index (χ4v) is 4.16. The number of nitrogens with one attached hydrogen (secondary N) is 2. The Hall–Kier alpha value is -2.93. The number of hydrogen-bond donors (Lipinski definition) is 2. The van der Waals surface area contributed by atoms with E-state index < -0.39 is 4.92 Å². The molecule has 0 spiro atoms. The molecule has 1 aliphatic carbocycles. The van der Waals surface area contributed by atoms with Crippen molar-refractivity contribution in [3.63, 3.8) is 0 Å². The molecule has 1 atom stereocenters. The summed E-state index contributed by atoms with van der Waals surface area (Å²) >= 11 is 0. The standard InChI is InChI=1S/C24H30N4O3/c1-17-6-4-5-13-27(17)16-20-8-3-2-7-19(20)15-25-22-12-9-18(14-23(22)28(30)31)24(29)26-21-10-11-21/h2-3,7-9,12,14,17,21,25H,4-6,10-11,13,15-16H2,1H3,(H,26,29). The van der Waals surface area contributed by atoms with E-state index in [1.165, 1.54) is 30.9 Å². The van der Waals surface area contributed by atoms with Crippen LogP contribution < -0.4 is 10.6 Å². The lowest BCUT2D eigenvalue weighted by Gasteiger charge is -2.33. The molecule has 0 aromatic heterocycles. The van der Waals surface area contributed by atoms with Crippen molar-refractivity contribution in [3.8, 4) is 0 Å². The van der Waals surface area contributed by atoms with Gasteiger partial charge in [0.15, 0.2) is 0 Å². The minimum absolute atomic E-state index is 0.0782. The summed E-state index contributed by atoms with van der Waals surface area (Å²) in [5.74, 6) is -0.252. The molecular formula is C24H30N4O3. The van der Waals surface area contributed by atoms with E-state index in [4.69, 9.17) is 0 Å². The molecule has 31 heavy (non-hydrogen) atoms. The predicted molar refractivity (Wildman–Crippen MR) is 121 cm³/mol. The number of benzene rings is 2. The Labute approximate surface area is 183 Å². The van der Waals surface area contributed by atoms with Crippen molar-refractivity contribution in [1.29, 1.82) is 0 Å². The van der Waals surface area contributed by atoms with Gasteiger partial charge in [-0.15, -0.1) is 0 Å². The lowest BCUT2D eigenvalue weighted by Crippen LogP contribution is -2.37. The van der Waals surface area contributed by atoms with Crippen LogP contribution in [0.3, 0.4) is 0 Å². The largest absolute Gasteiger partial charge is 0.375 e. The zero-order valence-corrected chi connectivity index (χ0v) is 18.0. The molecule has 4 rings (SSSR count). The van der Waals surface area contributed by atoms with E-state index in [0.29, 0.717) is 23.8 Å². The Morgan fingerprint density at radius 1 is 1.13 bits per heavy atom. The molecule has 7 nitrogen and oxygen atoms in total. The number of nitro benzene ring substituents is 1. The van der Waals surface area contributed by atoms with Gasteiger partial charge in [-0.1, -0.05) is 30.7 Å². The summed E-state index contributed by atoms with van der Waals surface area (Å²) in [5, 5.41) is 17.7. The topological polar surface area (TPSA) is 87.5 Å². The third kappa shape index (κ3) is 5.41. The smallest absolute Gasteiger partial charge is 0.293 e. The van der Waals surface area contributed by atoms with Crippen LogP contribution in [0.2, 0.25) is 0 Å². The molecule has 1 amide bonds. The van der Waals surface area contributed by atoms with Crippen molar-refractivity contribution < 1.29 is 9.72 Å². The molecule has 2 fully saturated rings. The van der Waals surface area contributed by atoms with Gasteiger partial charge < -0.3 is 10.6 Å². The maximum Gasteiger partial charge on any atom is 0.293 e. The maximum absolute atomic E-state index is 12.3. The molecule has 1 unspecified atom stereocenters. The summed E-state index contributed by atoms with van der Waals surface area (Å²) in [4.78, 5) is 26.0. The van der Waals surface area contributed by atoms with Crippen molar-refractivity contribution in [1.82, 2.24) is 10.2 Å². The van der Waals surface area contributed by atoms with Gasteiger partial charge in [0.2, 0.25) is 0 Å². The minimum Gasteiger partial charge on any atom is -0.375 e. The molecule has 2 aromatic rings. The summed E-state index contributed by atoms with van der Waals surface area (Å²) in [7, 11) is 0. The van der Waals surface area contributed by atoms with E-state index >= 15 is 0 Å². The molecule has 1 aliphatic heterocycles. The second-order valence-electron chi connectivity index (χ2n) is 8.67. The number of likely N-dealkylation sites (tertiary alicyclic amines) is 1. The first-order valence-electron chi connectivity index (χ1n) is 11.2. The molecule has 0 bridgehead atoms. The molecule has 2 aliphatic rings. The van der Waals surface area contributed by atoms with Crippen molar-refractivity contribution in [3.05, 3.63) is 69.3 Å². The van der Waals surface area contributed by atoms with E-state index in [0.717, 1.165) is 31.5 Å². The third-order valence-corrected chi connectivity index (χ3v) is 6.27. The highest BCUT2D eigenvalue weighted by Gasteiger charge is 2.25. The van der Waals surface area contributed by atoms with Gasteiger partial charge >= 0.3 is 0 Å². The Bertz CT molecular complexity index is 958. The SMILES string of the molecule is CC1CCCCN1Cc1ccccc1CNc1ccc(C(=O)NC2CC2)cc1[N+](=O)[O-]. The first-order valence-corrected chi connectivity index (χ1v) is 11.2. The van der Waals surface area contributed by atoms with Gasteiger partial charge in [0.25, 0.3) is 11.6 Å². The van der Waals surface area contributed by atoms with Crippen molar-refractivity contribution in [2.75, 3.05) is 11.9 Å². The lowest BCUT2D eigenvalue weighted by atomic mass is 10.0. The monoisotopic (exact) mass is 422 g/mol. The van der Waals surface area contributed by atoms with Gasteiger partial charge in [-0.25, -0.2) is 0 Å². The number of anilines is 1. The van der Waals surface area contributed by atoms with Crippen LogP contribution in [0.25, 0.3) is 0 Å². The summed E-state index contributed by atoms with van der Waals surface area (Å²) in [6, 6.07) is 13.7. The summed E-state index contributed by atoms with van der Waals surface area (Å²) < 4.78 is 0. The van der Waals surface area contributed by atoms with Crippen LogP contribution >= 0.6 is 0 Å². The number of nitro groups is 1. The van der Waals surface area contributed by atoms with E-state index in [-0.39, 0.29) is 17.6 Å². The van der Waals surface area contributed by atoms with Gasteiger partial charge in [0, 0.05) is 36.8 Å². The molecule has 0 radical (unpaired) electrons. The van der Waals surface area contributed by atoms with E-state index in [9.17, 15) is 14.9 Å². The first kappa shape index (κ1) is 21.3. The Kier molecular flexibility index (Phi) is 6.51. The molecule has 7 heteroatoms. The number of piperidine rings is 1. The molecule has 164 valence electrons. The maximum atomic E-state index is 12.3. The van der Waals surface area contributed by atoms with Gasteiger partial charge in [-0.2, -0.15) is 0 Å². The number of hydrogen-bond acceptors (Lipinski definition) is 5. The third-order valence-electron chi connectivity index (χ3n) is 6.27. The van der Waals surface area contributed by atoms with Crippen LogP contribution in [0.5, 0.6) is 0 Å². The zero-order valence-electron chi connectivity index (χ0n) is 18.0. The van der Waals surface area contributed by atoms with E-state index in [1.54, 1.807) is 12.1 Å². The number of nitrogens with zero attached hydrogens (tertiary/aromatic N) is 2. The van der Waals surface area contributed by atoms with Gasteiger partial charge in [-0.3, -0.25) is 19.8 Å². The van der Waals surface area contributed by atoms with Crippen LogP contribution in [0.4, 0.5) is 11.4 Å². The van der Waals surface area contributed by atoms with Crippen LogP contribution in [0, 0.1) is 10.1 Å². The Morgan fingerprint density at radius 3 is 2.61 bits per heavy atom. The highest BCUT2D eigenvalue weighted by Crippen LogP contribution is 2.28. The summed E-state index contributed by atoms with van der Waals surface area (Å²) in [6.07, 6.45) is 5.70. The fourth-order valence-electron chi connectivity index (χ4n) is 4.16. The second-order valence-corrected chi connectivity index (χ2v) is 8.67. The van der Waals surface area contributed by atoms with E-state index in [1.807, 2.05) is 12.1 Å². The summed E-state index contributed by atoms with van der Waals surface area (Å²) in [6.45, 7) is 4.78. The Balaban J connectivity index is 1.47. The van der Waals surface area contributed by atoms with Crippen molar-refractivity contribution >= 4 is 17.3 Å². The quantitative estimate of drug-likeness (QED) is 0.484. The number of rotatable bonds is 8. The average molecular weight is 423 g/mol. The molecule has 1 saturated carbocycles. The molecule has 2 aromatic carbocycles. The highest BCUT2D eigenvalue weighted by atomic mass is 16.6. The molecule has 1 saturated heterocycles. The number of amides is 1. The number of carbonyl (C=O) groups is 1. The van der Waals surface area contributed by atoms with Crippen LogP contribution in [-0.2, 0) is 13.1 Å². The average Bonchev–Trinajstić information content (AvgIpc) is 3.58. The van der Waals surface area contributed by atoms with Crippen molar-refractivity contribution in [2.24, 2.45) is 0 Å². The number of carbonyl (C=O) groups excluding carboxylic acids is 1. The molecule has 2 N–H and O–H groups in total. The molecule has 1 heterocycles. The summed E-state index contributed by atoms with van der Waals surface area (Å²) in [5.41, 5.74) is 3.04. The lowest BCUT2D eigenvalue weighted by molar-refractivity contribution is -0.384.